The molecule has 1 aliphatic heterocycles. The van der Waals surface area contributed by atoms with E-state index < -0.39 is 0 Å². The van der Waals surface area contributed by atoms with Crippen molar-refractivity contribution in [1.29, 1.82) is 0 Å². The van der Waals surface area contributed by atoms with Gasteiger partial charge < -0.3 is 5.11 Å². The molecule has 1 aromatic carbocycles. The Labute approximate surface area is 171 Å². The van der Waals surface area contributed by atoms with E-state index >= 15 is 0 Å². The van der Waals surface area contributed by atoms with Gasteiger partial charge in [-0.1, -0.05) is 34.8 Å². The van der Waals surface area contributed by atoms with Crippen molar-refractivity contribution in [3.05, 3.63) is 54.1 Å². The molecule has 10 heteroatoms. The van der Waals surface area contributed by atoms with Crippen LogP contribution in [0.3, 0.4) is 0 Å². The van der Waals surface area contributed by atoms with Crippen molar-refractivity contribution in [3.8, 4) is 17.0 Å². The van der Waals surface area contributed by atoms with Crippen LogP contribution in [-0.4, -0.2) is 20.4 Å². The van der Waals surface area contributed by atoms with Crippen molar-refractivity contribution in [3.63, 3.8) is 0 Å². The number of aromatic nitrogens is 3. The summed E-state index contributed by atoms with van der Waals surface area (Å²) < 4.78 is 3.69. The van der Waals surface area contributed by atoms with E-state index in [1.165, 1.54) is 23.1 Å². The van der Waals surface area contributed by atoms with Gasteiger partial charge in [-0.3, -0.25) is 0 Å². The van der Waals surface area contributed by atoms with Crippen LogP contribution in [0.5, 0.6) is 5.88 Å². The van der Waals surface area contributed by atoms with Crippen LogP contribution >= 0.6 is 57.9 Å². The number of rotatable bonds is 2. The number of nitrogens with zero attached hydrogens (tertiary/aromatic N) is 3. The minimum atomic E-state index is -0.312. The molecule has 3 heterocycles. The SMILES string of the molecule is C[n+]1c(O)c(-c2cc(Cl)cc(Cl)c2)c(=O)n2c1SCC2c1cnc(Cl)s1. The maximum atomic E-state index is 13.3. The fourth-order valence-electron chi connectivity index (χ4n) is 2.97. The first-order valence-corrected chi connectivity index (χ1v) is 10.4. The predicted octanol–water partition coefficient (Wildman–Crippen LogP) is 4.16. The molecule has 1 unspecified atom stereocenters. The highest BCUT2D eigenvalue weighted by Crippen LogP contribution is 2.39. The van der Waals surface area contributed by atoms with Gasteiger partial charge in [0.15, 0.2) is 16.1 Å². The van der Waals surface area contributed by atoms with Crippen molar-refractivity contribution in [2.75, 3.05) is 5.75 Å². The van der Waals surface area contributed by atoms with Crippen molar-refractivity contribution < 1.29 is 9.67 Å². The number of hydrogen-bond acceptors (Lipinski definition) is 5. The Morgan fingerprint density at radius 3 is 2.58 bits per heavy atom. The van der Waals surface area contributed by atoms with Crippen LogP contribution in [0.15, 0.2) is 34.3 Å². The summed E-state index contributed by atoms with van der Waals surface area (Å²) in [5.74, 6) is 0.524. The van der Waals surface area contributed by atoms with Crippen LogP contribution in [0.1, 0.15) is 10.9 Å². The standard InChI is InChI=1S/C16H10Cl3N3O2S2/c1-21-13(23)12(7-2-8(17)4-9(18)3-7)14(24)22-10(6-25-16(21)22)11-5-20-15(19)26-11/h2-5,10H,6H2,1H3/p+1. The smallest absolute Gasteiger partial charge is 0.350 e. The van der Waals surface area contributed by atoms with Crippen LogP contribution in [0.2, 0.25) is 14.5 Å². The fourth-order valence-corrected chi connectivity index (χ4v) is 5.91. The normalized spacial score (nSPS) is 16.1. The van der Waals surface area contributed by atoms with E-state index in [0.29, 0.717) is 31.0 Å². The largest absolute Gasteiger partial charge is 0.477 e. The molecule has 26 heavy (non-hydrogen) atoms. The Balaban J connectivity index is 1.98. The van der Waals surface area contributed by atoms with E-state index in [0.717, 1.165) is 4.88 Å². The molecular formula is C16H11Cl3N3O2S2+. The van der Waals surface area contributed by atoms with Crippen LogP contribution in [0, 0.1) is 0 Å². The minimum Gasteiger partial charge on any atom is -0.477 e. The summed E-state index contributed by atoms with van der Waals surface area (Å²) in [6, 6.07) is 4.59. The van der Waals surface area contributed by atoms with Crippen LogP contribution < -0.4 is 10.1 Å². The molecule has 0 saturated carbocycles. The van der Waals surface area contributed by atoms with Gasteiger partial charge in [0.25, 0.3) is 5.88 Å². The lowest BCUT2D eigenvalue weighted by molar-refractivity contribution is -0.720. The van der Waals surface area contributed by atoms with E-state index in [2.05, 4.69) is 4.98 Å². The molecule has 0 aliphatic carbocycles. The Morgan fingerprint density at radius 2 is 1.96 bits per heavy atom. The van der Waals surface area contributed by atoms with Crippen molar-refractivity contribution in [1.82, 2.24) is 9.55 Å². The molecule has 4 rings (SSSR count). The van der Waals surface area contributed by atoms with Gasteiger partial charge in [-0.15, -0.1) is 11.3 Å². The van der Waals surface area contributed by atoms with E-state index in [1.54, 1.807) is 40.6 Å². The van der Waals surface area contributed by atoms with Gasteiger partial charge in [0, 0.05) is 21.8 Å². The first-order chi connectivity index (χ1) is 12.4. The summed E-state index contributed by atoms with van der Waals surface area (Å²) in [4.78, 5) is 18.3. The number of halogens is 3. The second-order valence-corrected chi connectivity index (χ2v) is 9.22. The Kier molecular flexibility index (Phi) is 4.69. The number of thioether (sulfide) groups is 1. The van der Waals surface area contributed by atoms with Gasteiger partial charge in [0.2, 0.25) is 0 Å². The van der Waals surface area contributed by atoms with E-state index in [9.17, 15) is 9.90 Å². The third-order valence-electron chi connectivity index (χ3n) is 4.12. The Bertz CT molecular complexity index is 1080. The molecule has 0 fully saturated rings. The second kappa shape index (κ2) is 6.73. The first-order valence-electron chi connectivity index (χ1n) is 7.45. The summed E-state index contributed by atoms with van der Waals surface area (Å²) in [7, 11) is 1.71. The molecule has 1 aliphatic rings. The monoisotopic (exact) mass is 446 g/mol. The average molecular weight is 448 g/mol. The predicted molar refractivity (Wildman–Crippen MR) is 105 cm³/mol. The number of benzene rings is 1. The topological polar surface area (TPSA) is 59.0 Å². The molecule has 0 amide bonds. The van der Waals surface area contributed by atoms with Gasteiger partial charge in [-0.2, -0.15) is 9.13 Å². The molecule has 0 radical (unpaired) electrons. The van der Waals surface area contributed by atoms with Crippen molar-refractivity contribution in [2.45, 2.75) is 11.2 Å². The lowest BCUT2D eigenvalue weighted by Crippen LogP contribution is -2.40. The highest BCUT2D eigenvalue weighted by molar-refractivity contribution is 7.99. The van der Waals surface area contributed by atoms with E-state index in [-0.39, 0.29) is 23.0 Å². The molecule has 0 spiro atoms. The molecule has 0 bridgehead atoms. The maximum absolute atomic E-state index is 13.3. The van der Waals surface area contributed by atoms with Gasteiger partial charge in [0.05, 0.1) is 17.7 Å². The fraction of sp³-hybridized carbons (Fsp3) is 0.188. The Morgan fingerprint density at radius 1 is 1.27 bits per heavy atom. The van der Waals surface area contributed by atoms with Crippen molar-refractivity contribution in [2.24, 2.45) is 7.05 Å². The summed E-state index contributed by atoms with van der Waals surface area (Å²) in [5.41, 5.74) is 0.311. The molecule has 3 aromatic rings. The zero-order valence-corrected chi connectivity index (χ0v) is 17.1. The maximum Gasteiger partial charge on any atom is 0.350 e. The average Bonchev–Trinajstić information content (AvgIpc) is 3.18. The molecular weight excluding hydrogens is 437 g/mol. The molecule has 1 atom stereocenters. The third-order valence-corrected chi connectivity index (χ3v) is 6.99. The zero-order valence-electron chi connectivity index (χ0n) is 13.2. The highest BCUT2D eigenvalue weighted by atomic mass is 35.5. The summed E-state index contributed by atoms with van der Waals surface area (Å²) in [6.07, 6.45) is 1.68. The number of hydrogen-bond donors (Lipinski definition) is 1. The lowest BCUT2D eigenvalue weighted by Gasteiger charge is -2.11. The van der Waals surface area contributed by atoms with E-state index in [4.69, 9.17) is 34.8 Å². The zero-order chi connectivity index (χ0) is 18.6. The summed E-state index contributed by atoms with van der Waals surface area (Å²) in [5, 5.41) is 12.1. The second-order valence-electron chi connectivity index (χ2n) is 5.72. The molecule has 0 saturated heterocycles. The number of thiazole rings is 1. The first kappa shape index (κ1) is 18.1. The third kappa shape index (κ3) is 2.92. The van der Waals surface area contributed by atoms with Crippen LogP contribution in [0.4, 0.5) is 0 Å². The van der Waals surface area contributed by atoms with Gasteiger partial charge >= 0.3 is 10.7 Å². The quantitative estimate of drug-likeness (QED) is 0.473. The highest BCUT2D eigenvalue weighted by Gasteiger charge is 2.39. The molecule has 134 valence electrons. The van der Waals surface area contributed by atoms with Crippen LogP contribution in [0.25, 0.3) is 11.1 Å². The Hall–Kier alpha value is -1.25. The van der Waals surface area contributed by atoms with Gasteiger partial charge in [0.1, 0.15) is 0 Å². The number of fused-ring (bicyclic) bond motifs is 1. The summed E-state index contributed by atoms with van der Waals surface area (Å²) >= 11 is 21.0. The number of aromatic hydroxyl groups is 1. The summed E-state index contributed by atoms with van der Waals surface area (Å²) in [6.45, 7) is 0. The lowest BCUT2D eigenvalue weighted by atomic mass is 10.1. The van der Waals surface area contributed by atoms with Crippen LogP contribution in [-0.2, 0) is 7.05 Å². The van der Waals surface area contributed by atoms with E-state index in [1.807, 2.05) is 0 Å². The molecule has 5 nitrogen and oxygen atoms in total. The molecule has 2 aromatic heterocycles. The van der Waals surface area contributed by atoms with Gasteiger partial charge in [-0.05, 0) is 30.0 Å². The molecule has 1 N–H and O–H groups in total. The van der Waals surface area contributed by atoms with Crippen molar-refractivity contribution >= 4 is 57.9 Å². The minimum absolute atomic E-state index is 0.130. The van der Waals surface area contributed by atoms with Gasteiger partial charge in [-0.25, -0.2) is 9.78 Å².